The molecule has 1 heterocycles. The van der Waals surface area contributed by atoms with Crippen molar-refractivity contribution in [2.45, 2.75) is 33.2 Å². The van der Waals surface area contributed by atoms with Gasteiger partial charge < -0.3 is 10.1 Å². The van der Waals surface area contributed by atoms with Crippen LogP contribution in [0.3, 0.4) is 0 Å². The topological polar surface area (TPSA) is 24.5 Å². The molecule has 0 aromatic heterocycles. The highest BCUT2D eigenvalue weighted by molar-refractivity contribution is 6.31. The van der Waals surface area contributed by atoms with Crippen molar-refractivity contribution >= 4 is 11.6 Å². The monoisotopic (exact) mass is 296 g/mol. The van der Waals surface area contributed by atoms with Gasteiger partial charge in [0.2, 0.25) is 0 Å². The number of hydrogen-bond donors (Lipinski definition) is 1. The second-order valence-corrected chi connectivity index (χ2v) is 6.17. The van der Waals surface area contributed by atoms with Gasteiger partial charge in [-0.3, -0.25) is 4.90 Å². The molecule has 112 valence electrons. The lowest BCUT2D eigenvalue weighted by Gasteiger charge is -2.29. The van der Waals surface area contributed by atoms with Gasteiger partial charge in [0.05, 0.1) is 7.11 Å². The maximum absolute atomic E-state index is 6.42. The smallest absolute Gasteiger partial charge is 0.127 e. The Kier molecular flexibility index (Phi) is 5.30. The summed E-state index contributed by atoms with van der Waals surface area (Å²) in [4.78, 5) is 2.46. The van der Waals surface area contributed by atoms with Gasteiger partial charge in [-0.1, -0.05) is 25.4 Å². The van der Waals surface area contributed by atoms with E-state index in [0.717, 1.165) is 49.1 Å². The molecule has 0 saturated carbocycles. The minimum atomic E-state index is 0.407. The molecule has 0 atom stereocenters. The number of halogens is 1. The summed E-state index contributed by atoms with van der Waals surface area (Å²) in [5.74, 6) is 1.42. The second kappa shape index (κ2) is 6.79. The first-order chi connectivity index (χ1) is 9.54. The van der Waals surface area contributed by atoms with E-state index in [1.54, 1.807) is 7.11 Å². The Morgan fingerprint density at radius 2 is 2.00 bits per heavy atom. The molecule has 1 aliphatic rings. The fourth-order valence-corrected chi connectivity index (χ4v) is 2.98. The summed E-state index contributed by atoms with van der Waals surface area (Å²) >= 11 is 6.42. The molecular formula is C16H25ClN2O. The van der Waals surface area contributed by atoms with Crippen LogP contribution in [0.25, 0.3) is 0 Å². The normalized spacial score (nSPS) is 16.7. The predicted molar refractivity (Wildman–Crippen MR) is 85.0 cm³/mol. The minimum absolute atomic E-state index is 0.407. The minimum Gasteiger partial charge on any atom is -0.496 e. The largest absolute Gasteiger partial charge is 0.496 e. The molecule has 1 aromatic rings. The van der Waals surface area contributed by atoms with Gasteiger partial charge in [-0.25, -0.2) is 0 Å². The van der Waals surface area contributed by atoms with E-state index >= 15 is 0 Å². The zero-order chi connectivity index (χ0) is 14.7. The highest BCUT2D eigenvalue weighted by Gasteiger charge is 2.20. The van der Waals surface area contributed by atoms with Crippen LogP contribution < -0.4 is 10.1 Å². The Hall–Kier alpha value is -0.770. The Bertz CT molecular complexity index is 468. The first-order valence-corrected chi connectivity index (χ1v) is 7.71. The summed E-state index contributed by atoms with van der Waals surface area (Å²) in [6.45, 7) is 11.6. The van der Waals surface area contributed by atoms with E-state index in [4.69, 9.17) is 16.3 Å². The Morgan fingerprint density at radius 3 is 2.55 bits per heavy atom. The van der Waals surface area contributed by atoms with Gasteiger partial charge in [-0.15, -0.1) is 0 Å². The van der Waals surface area contributed by atoms with Gasteiger partial charge in [0.1, 0.15) is 5.75 Å². The van der Waals surface area contributed by atoms with Crippen LogP contribution in [0, 0.1) is 6.92 Å². The highest BCUT2D eigenvalue weighted by atomic mass is 35.5. The standard InChI is InChI=1S/C16H25ClN2O/c1-11(2)13-9-15(17)12(3)14(16(13)20-4)10-19-7-5-18-6-8-19/h9,11,18H,5-8,10H2,1-4H3. The van der Waals surface area contributed by atoms with Gasteiger partial charge in [-0.05, 0) is 30.0 Å². The van der Waals surface area contributed by atoms with E-state index < -0.39 is 0 Å². The third-order valence-corrected chi connectivity index (χ3v) is 4.44. The van der Waals surface area contributed by atoms with Gasteiger partial charge >= 0.3 is 0 Å². The van der Waals surface area contributed by atoms with Crippen molar-refractivity contribution in [3.63, 3.8) is 0 Å². The van der Waals surface area contributed by atoms with Crippen molar-refractivity contribution in [3.05, 3.63) is 27.8 Å². The van der Waals surface area contributed by atoms with Crippen LogP contribution in [-0.4, -0.2) is 38.2 Å². The number of methoxy groups -OCH3 is 1. The molecular weight excluding hydrogens is 272 g/mol. The van der Waals surface area contributed by atoms with E-state index in [-0.39, 0.29) is 0 Å². The lowest BCUT2D eigenvalue weighted by Crippen LogP contribution is -2.43. The van der Waals surface area contributed by atoms with Crippen LogP contribution in [0.1, 0.15) is 36.5 Å². The average molecular weight is 297 g/mol. The maximum Gasteiger partial charge on any atom is 0.127 e. The van der Waals surface area contributed by atoms with Crippen molar-refractivity contribution in [2.24, 2.45) is 0 Å². The number of rotatable bonds is 4. The molecule has 3 nitrogen and oxygen atoms in total. The third-order valence-electron chi connectivity index (χ3n) is 4.05. The number of nitrogens with one attached hydrogen (secondary N) is 1. The maximum atomic E-state index is 6.42. The molecule has 0 radical (unpaired) electrons. The molecule has 4 heteroatoms. The first-order valence-electron chi connectivity index (χ1n) is 7.33. The molecule has 20 heavy (non-hydrogen) atoms. The lowest BCUT2D eigenvalue weighted by molar-refractivity contribution is 0.229. The van der Waals surface area contributed by atoms with Crippen molar-refractivity contribution < 1.29 is 4.74 Å². The van der Waals surface area contributed by atoms with Crippen molar-refractivity contribution in [1.29, 1.82) is 0 Å². The number of ether oxygens (including phenoxy) is 1. The van der Waals surface area contributed by atoms with E-state index in [0.29, 0.717) is 5.92 Å². The molecule has 2 rings (SSSR count). The van der Waals surface area contributed by atoms with E-state index in [1.165, 1.54) is 11.1 Å². The number of hydrogen-bond acceptors (Lipinski definition) is 3. The fourth-order valence-electron chi connectivity index (χ4n) is 2.75. The van der Waals surface area contributed by atoms with Crippen LogP contribution in [0.2, 0.25) is 5.02 Å². The molecule has 1 N–H and O–H groups in total. The zero-order valence-corrected chi connectivity index (χ0v) is 13.7. The Morgan fingerprint density at radius 1 is 1.35 bits per heavy atom. The molecule has 1 fully saturated rings. The summed E-state index contributed by atoms with van der Waals surface area (Å²) in [6.07, 6.45) is 0. The second-order valence-electron chi connectivity index (χ2n) is 5.77. The summed E-state index contributed by atoms with van der Waals surface area (Å²) in [6, 6.07) is 2.06. The van der Waals surface area contributed by atoms with E-state index in [1.807, 2.05) is 0 Å². The molecule has 1 saturated heterocycles. The Balaban J connectivity index is 2.38. The summed E-state index contributed by atoms with van der Waals surface area (Å²) in [5.41, 5.74) is 3.59. The number of benzene rings is 1. The van der Waals surface area contributed by atoms with Crippen LogP contribution in [0.4, 0.5) is 0 Å². The van der Waals surface area contributed by atoms with E-state index in [2.05, 4.69) is 37.1 Å². The van der Waals surface area contributed by atoms with Gasteiger partial charge in [-0.2, -0.15) is 0 Å². The first kappa shape index (κ1) is 15.6. The highest BCUT2D eigenvalue weighted by Crippen LogP contribution is 2.37. The number of nitrogens with zero attached hydrogens (tertiary/aromatic N) is 1. The molecule has 0 bridgehead atoms. The zero-order valence-electron chi connectivity index (χ0n) is 12.9. The van der Waals surface area contributed by atoms with Gasteiger partial charge in [0.25, 0.3) is 0 Å². The molecule has 0 amide bonds. The summed E-state index contributed by atoms with van der Waals surface area (Å²) < 4.78 is 5.71. The SMILES string of the molecule is COc1c(C(C)C)cc(Cl)c(C)c1CN1CCNCC1. The molecule has 0 aliphatic carbocycles. The average Bonchev–Trinajstić information content (AvgIpc) is 2.44. The van der Waals surface area contributed by atoms with Crippen molar-refractivity contribution in [2.75, 3.05) is 33.3 Å². The van der Waals surface area contributed by atoms with E-state index in [9.17, 15) is 0 Å². The summed E-state index contributed by atoms with van der Waals surface area (Å²) in [5, 5.41) is 4.23. The van der Waals surface area contributed by atoms with Gasteiger partial charge in [0, 0.05) is 43.3 Å². The van der Waals surface area contributed by atoms with Crippen LogP contribution in [0.5, 0.6) is 5.75 Å². The predicted octanol–water partition coefficient (Wildman–Crippen LogP) is 3.19. The van der Waals surface area contributed by atoms with Crippen LogP contribution in [-0.2, 0) is 6.54 Å². The fraction of sp³-hybridized carbons (Fsp3) is 0.625. The molecule has 1 aliphatic heterocycles. The quantitative estimate of drug-likeness (QED) is 0.923. The molecule has 0 spiro atoms. The van der Waals surface area contributed by atoms with Crippen molar-refractivity contribution in [3.8, 4) is 5.75 Å². The molecule has 0 unspecified atom stereocenters. The van der Waals surface area contributed by atoms with Crippen LogP contribution in [0.15, 0.2) is 6.07 Å². The number of piperazine rings is 1. The Labute approximate surface area is 127 Å². The third kappa shape index (κ3) is 3.27. The molecule has 1 aromatic carbocycles. The van der Waals surface area contributed by atoms with Gasteiger partial charge in [0.15, 0.2) is 0 Å². The van der Waals surface area contributed by atoms with Crippen LogP contribution >= 0.6 is 11.6 Å². The summed E-state index contributed by atoms with van der Waals surface area (Å²) in [7, 11) is 1.76. The lowest BCUT2D eigenvalue weighted by atomic mass is 9.95. The van der Waals surface area contributed by atoms with Crippen molar-refractivity contribution in [1.82, 2.24) is 10.2 Å².